The van der Waals surface area contributed by atoms with Crippen molar-refractivity contribution in [1.82, 2.24) is 0 Å². The summed E-state index contributed by atoms with van der Waals surface area (Å²) in [5.74, 6) is -0.421. The molecule has 1 rings (SSSR count). The summed E-state index contributed by atoms with van der Waals surface area (Å²) in [6.07, 6.45) is 2.93. The zero-order valence-electron chi connectivity index (χ0n) is 11.8. The summed E-state index contributed by atoms with van der Waals surface area (Å²) in [6.45, 7) is 2.76. The number of benzene rings is 1. The molecule has 2 N–H and O–H groups in total. The molecule has 0 spiro atoms. The van der Waals surface area contributed by atoms with Gasteiger partial charge in [0.05, 0.1) is 4.90 Å². The molecular weight excluding hydrogens is 278 g/mol. The fourth-order valence-corrected chi connectivity index (χ4v) is 2.43. The van der Waals surface area contributed by atoms with Gasteiger partial charge >= 0.3 is 5.97 Å². The normalized spacial score (nSPS) is 12.9. The van der Waals surface area contributed by atoms with E-state index < -0.39 is 15.8 Å². The van der Waals surface area contributed by atoms with E-state index in [4.69, 9.17) is 5.11 Å². The van der Waals surface area contributed by atoms with Crippen LogP contribution in [0.3, 0.4) is 0 Å². The van der Waals surface area contributed by atoms with Gasteiger partial charge in [-0.15, -0.1) is 0 Å². The summed E-state index contributed by atoms with van der Waals surface area (Å²) in [5.41, 5.74) is 0.864. The highest BCUT2D eigenvalue weighted by Gasteiger charge is 2.07. The van der Waals surface area contributed by atoms with Crippen molar-refractivity contribution in [3.8, 4) is 0 Å². The lowest BCUT2D eigenvalue weighted by molar-refractivity contribution is -0.137. The van der Waals surface area contributed by atoms with Gasteiger partial charge in [0, 0.05) is 24.9 Å². The summed E-state index contributed by atoms with van der Waals surface area (Å²) in [5, 5.41) is 11.8. The largest absolute Gasteiger partial charge is 0.481 e. The number of nitrogens with one attached hydrogen (secondary N) is 1. The molecule has 0 aromatic heterocycles. The molecule has 0 aliphatic carbocycles. The van der Waals surface area contributed by atoms with Gasteiger partial charge in [-0.1, -0.05) is 6.92 Å². The Morgan fingerprint density at radius 1 is 1.25 bits per heavy atom. The van der Waals surface area contributed by atoms with Crippen LogP contribution in [0.25, 0.3) is 0 Å². The summed E-state index contributed by atoms with van der Waals surface area (Å²) in [7, 11) is -3.15. The van der Waals surface area contributed by atoms with Crippen LogP contribution < -0.4 is 5.32 Å². The predicted octanol–water partition coefficient (Wildman–Crippen LogP) is 2.39. The van der Waals surface area contributed by atoms with E-state index in [1.165, 1.54) is 6.26 Å². The van der Waals surface area contributed by atoms with Crippen molar-refractivity contribution in [3.63, 3.8) is 0 Å². The van der Waals surface area contributed by atoms with Crippen molar-refractivity contribution in [2.24, 2.45) is 5.92 Å². The molecule has 0 radical (unpaired) electrons. The molecule has 5 nitrogen and oxygen atoms in total. The highest BCUT2D eigenvalue weighted by atomic mass is 32.2. The van der Waals surface area contributed by atoms with Crippen LogP contribution in [0.2, 0.25) is 0 Å². The third kappa shape index (κ3) is 6.06. The summed E-state index contributed by atoms with van der Waals surface area (Å²) in [6, 6.07) is 6.62. The van der Waals surface area contributed by atoms with Crippen LogP contribution in [0.4, 0.5) is 5.69 Å². The Balaban J connectivity index is 2.37. The molecule has 0 fully saturated rings. The van der Waals surface area contributed by atoms with Gasteiger partial charge in [-0.2, -0.15) is 0 Å². The SMILES string of the molecule is CC(CCNc1ccc(S(C)(=O)=O)cc1)CCC(=O)O. The molecule has 0 aliphatic heterocycles. The van der Waals surface area contributed by atoms with E-state index in [0.717, 1.165) is 18.7 Å². The van der Waals surface area contributed by atoms with Crippen molar-refractivity contribution in [2.45, 2.75) is 31.1 Å². The van der Waals surface area contributed by atoms with Crippen LogP contribution in [0.1, 0.15) is 26.2 Å². The maximum atomic E-state index is 11.3. The number of sulfone groups is 1. The lowest BCUT2D eigenvalue weighted by atomic mass is 10.0. The van der Waals surface area contributed by atoms with Gasteiger partial charge in [-0.05, 0) is 43.0 Å². The third-order valence-corrected chi connectivity index (χ3v) is 4.23. The Kier molecular flexibility index (Phi) is 6.01. The molecule has 0 aliphatic rings. The van der Waals surface area contributed by atoms with E-state index in [0.29, 0.717) is 17.2 Å². The van der Waals surface area contributed by atoms with Gasteiger partial charge in [0.2, 0.25) is 0 Å². The fourth-order valence-electron chi connectivity index (χ4n) is 1.80. The van der Waals surface area contributed by atoms with Gasteiger partial charge < -0.3 is 10.4 Å². The van der Waals surface area contributed by atoms with Crippen LogP contribution in [0.15, 0.2) is 29.2 Å². The second-order valence-electron chi connectivity index (χ2n) is 5.05. The molecule has 0 saturated heterocycles. The lowest BCUT2D eigenvalue weighted by Gasteiger charge is -2.11. The van der Waals surface area contributed by atoms with Crippen molar-refractivity contribution in [3.05, 3.63) is 24.3 Å². The first-order valence-electron chi connectivity index (χ1n) is 6.55. The van der Waals surface area contributed by atoms with E-state index in [1.54, 1.807) is 24.3 Å². The Morgan fingerprint density at radius 3 is 2.35 bits per heavy atom. The van der Waals surface area contributed by atoms with Crippen molar-refractivity contribution < 1.29 is 18.3 Å². The number of carboxylic acid groups (broad SMARTS) is 1. The number of hydrogen-bond donors (Lipinski definition) is 2. The van der Waals surface area contributed by atoms with Gasteiger partial charge in [-0.3, -0.25) is 4.79 Å². The second-order valence-corrected chi connectivity index (χ2v) is 7.07. The topological polar surface area (TPSA) is 83.5 Å². The summed E-state index contributed by atoms with van der Waals surface area (Å²) in [4.78, 5) is 10.8. The minimum absolute atomic E-state index is 0.199. The summed E-state index contributed by atoms with van der Waals surface area (Å²) < 4.78 is 22.6. The summed E-state index contributed by atoms with van der Waals surface area (Å²) >= 11 is 0. The number of carbonyl (C=O) groups is 1. The number of aliphatic carboxylic acids is 1. The second kappa shape index (κ2) is 7.28. The molecular formula is C14H21NO4S. The van der Waals surface area contributed by atoms with E-state index in [9.17, 15) is 13.2 Å². The Morgan fingerprint density at radius 2 is 1.85 bits per heavy atom. The predicted molar refractivity (Wildman–Crippen MR) is 78.7 cm³/mol. The molecule has 112 valence electrons. The maximum absolute atomic E-state index is 11.3. The first kappa shape index (κ1) is 16.5. The Hall–Kier alpha value is -1.56. The van der Waals surface area contributed by atoms with Gasteiger partial charge in [0.1, 0.15) is 0 Å². The molecule has 1 unspecified atom stereocenters. The minimum atomic E-state index is -3.15. The number of carboxylic acids is 1. The monoisotopic (exact) mass is 299 g/mol. The van der Waals surface area contributed by atoms with E-state index in [1.807, 2.05) is 6.92 Å². The van der Waals surface area contributed by atoms with Gasteiger partial charge in [-0.25, -0.2) is 8.42 Å². The number of rotatable bonds is 8. The Labute approximate surface area is 119 Å². The number of hydrogen-bond acceptors (Lipinski definition) is 4. The molecule has 6 heteroatoms. The van der Waals surface area contributed by atoms with Crippen LogP contribution in [-0.2, 0) is 14.6 Å². The first-order chi connectivity index (χ1) is 9.29. The third-order valence-electron chi connectivity index (χ3n) is 3.10. The maximum Gasteiger partial charge on any atom is 0.303 e. The minimum Gasteiger partial charge on any atom is -0.481 e. The van der Waals surface area contributed by atoms with E-state index in [2.05, 4.69) is 5.32 Å². The molecule has 20 heavy (non-hydrogen) atoms. The Bertz CT molecular complexity index is 537. The first-order valence-corrected chi connectivity index (χ1v) is 8.44. The molecule has 1 atom stereocenters. The molecule has 1 aromatic rings. The zero-order chi connectivity index (χ0) is 15.2. The van der Waals surface area contributed by atoms with Crippen LogP contribution in [0, 0.1) is 5.92 Å². The average Bonchev–Trinajstić information content (AvgIpc) is 2.36. The number of anilines is 1. The molecule has 1 aromatic carbocycles. The highest BCUT2D eigenvalue weighted by Crippen LogP contribution is 2.15. The molecule has 0 saturated carbocycles. The standard InChI is InChI=1S/C14H21NO4S/c1-11(3-8-14(16)17)9-10-15-12-4-6-13(7-5-12)20(2,18)19/h4-7,11,15H,3,8-10H2,1-2H3,(H,16,17). The lowest BCUT2D eigenvalue weighted by Crippen LogP contribution is -2.08. The van der Waals surface area contributed by atoms with Crippen LogP contribution >= 0.6 is 0 Å². The average molecular weight is 299 g/mol. The fraction of sp³-hybridized carbons (Fsp3) is 0.500. The van der Waals surface area contributed by atoms with Gasteiger partial charge in [0.25, 0.3) is 0 Å². The van der Waals surface area contributed by atoms with Crippen molar-refractivity contribution in [2.75, 3.05) is 18.1 Å². The molecule has 0 bridgehead atoms. The molecule has 0 heterocycles. The van der Waals surface area contributed by atoms with Gasteiger partial charge in [0.15, 0.2) is 9.84 Å². The zero-order valence-corrected chi connectivity index (χ0v) is 12.6. The quantitative estimate of drug-likeness (QED) is 0.770. The van der Waals surface area contributed by atoms with E-state index in [-0.39, 0.29) is 6.42 Å². The smallest absolute Gasteiger partial charge is 0.303 e. The molecule has 0 amide bonds. The van der Waals surface area contributed by atoms with E-state index >= 15 is 0 Å². The highest BCUT2D eigenvalue weighted by molar-refractivity contribution is 7.90. The van der Waals surface area contributed by atoms with Crippen molar-refractivity contribution in [1.29, 1.82) is 0 Å². The van der Waals surface area contributed by atoms with Crippen molar-refractivity contribution >= 4 is 21.5 Å². The van der Waals surface area contributed by atoms with Crippen LogP contribution in [-0.4, -0.2) is 32.3 Å². The van der Waals surface area contributed by atoms with Crippen LogP contribution in [0.5, 0.6) is 0 Å².